The van der Waals surface area contributed by atoms with Crippen LogP contribution in [0.2, 0.25) is 0 Å². The fourth-order valence-corrected chi connectivity index (χ4v) is 2.32. The lowest BCUT2D eigenvalue weighted by molar-refractivity contribution is -0.122. The molecule has 126 valence electrons. The van der Waals surface area contributed by atoms with E-state index in [1.54, 1.807) is 6.21 Å². The van der Waals surface area contributed by atoms with E-state index in [4.69, 9.17) is 0 Å². The van der Waals surface area contributed by atoms with Gasteiger partial charge in [-0.25, -0.2) is 5.43 Å². The van der Waals surface area contributed by atoms with Crippen LogP contribution >= 0.6 is 0 Å². The molecule has 0 atom stereocenters. The molecule has 0 fully saturated rings. The fourth-order valence-electron chi connectivity index (χ4n) is 2.32. The van der Waals surface area contributed by atoms with E-state index in [1.165, 1.54) is 10.4 Å². The highest BCUT2D eigenvalue weighted by Gasteiger charge is 2.08. The summed E-state index contributed by atoms with van der Waals surface area (Å²) in [5.41, 5.74) is 6.56. The Balaban J connectivity index is 1.58. The molecule has 1 amide bonds. The van der Waals surface area contributed by atoms with Gasteiger partial charge in [-0.1, -0.05) is 54.1 Å². The van der Waals surface area contributed by atoms with Crippen molar-refractivity contribution in [1.82, 2.24) is 25.6 Å². The summed E-state index contributed by atoms with van der Waals surface area (Å²) in [6.45, 7) is 3.98. The van der Waals surface area contributed by atoms with Gasteiger partial charge in [-0.2, -0.15) is 9.90 Å². The molecule has 0 aliphatic heterocycles. The molecular formula is C18H18N6O. The Hall–Kier alpha value is -3.35. The number of carbonyl (C=O) groups is 1. The standard InChI is InChI=1S/C18H18N6O/c1-13-8-9-16(14(2)10-13)11-19-20-17(25)12-24-22-18(21-23-24)15-6-4-3-5-7-15/h3-11H,12H2,1-2H3,(H,20,25)/b19-11+. The third-order valence-corrected chi connectivity index (χ3v) is 3.59. The number of aromatic nitrogens is 4. The topological polar surface area (TPSA) is 85.1 Å². The summed E-state index contributed by atoms with van der Waals surface area (Å²) < 4.78 is 0. The molecule has 1 N–H and O–H groups in total. The molecule has 0 spiro atoms. The number of rotatable bonds is 5. The van der Waals surface area contributed by atoms with E-state index < -0.39 is 0 Å². The van der Waals surface area contributed by atoms with E-state index in [9.17, 15) is 4.79 Å². The lowest BCUT2D eigenvalue weighted by Gasteiger charge is -2.01. The van der Waals surface area contributed by atoms with Gasteiger partial charge < -0.3 is 0 Å². The largest absolute Gasteiger partial charge is 0.271 e. The molecule has 0 unspecified atom stereocenters. The van der Waals surface area contributed by atoms with Gasteiger partial charge in [0.15, 0.2) is 0 Å². The van der Waals surface area contributed by atoms with Gasteiger partial charge >= 0.3 is 0 Å². The van der Waals surface area contributed by atoms with Gasteiger partial charge in [0.25, 0.3) is 5.91 Å². The fraction of sp³-hybridized carbons (Fsp3) is 0.167. The van der Waals surface area contributed by atoms with Crippen molar-refractivity contribution in [3.8, 4) is 11.4 Å². The molecule has 7 heteroatoms. The lowest BCUT2D eigenvalue weighted by atomic mass is 10.1. The highest BCUT2D eigenvalue weighted by atomic mass is 16.2. The minimum Gasteiger partial charge on any atom is -0.271 e. The first-order valence-corrected chi connectivity index (χ1v) is 7.84. The highest BCUT2D eigenvalue weighted by molar-refractivity contribution is 5.83. The lowest BCUT2D eigenvalue weighted by Crippen LogP contribution is -2.24. The van der Waals surface area contributed by atoms with Crippen molar-refractivity contribution >= 4 is 12.1 Å². The first kappa shape index (κ1) is 16.5. The average Bonchev–Trinajstić information content (AvgIpc) is 3.06. The van der Waals surface area contributed by atoms with E-state index in [1.807, 2.05) is 56.3 Å². The molecule has 0 saturated heterocycles. The zero-order valence-electron chi connectivity index (χ0n) is 14.0. The van der Waals surface area contributed by atoms with Crippen LogP contribution in [0.5, 0.6) is 0 Å². The van der Waals surface area contributed by atoms with Gasteiger partial charge in [-0.05, 0) is 30.2 Å². The second-order valence-corrected chi connectivity index (χ2v) is 5.66. The summed E-state index contributed by atoms with van der Waals surface area (Å²) in [7, 11) is 0. The molecule has 3 aromatic rings. The Labute approximate surface area is 145 Å². The SMILES string of the molecule is Cc1ccc(/C=N/NC(=O)Cn2nnc(-c3ccccc3)n2)c(C)c1. The summed E-state index contributed by atoms with van der Waals surface area (Å²) in [5.74, 6) is 0.158. The van der Waals surface area contributed by atoms with Gasteiger partial charge in [0.05, 0.1) is 6.21 Å². The number of nitrogens with one attached hydrogen (secondary N) is 1. The summed E-state index contributed by atoms with van der Waals surface area (Å²) in [6.07, 6.45) is 1.62. The highest BCUT2D eigenvalue weighted by Crippen LogP contribution is 2.11. The van der Waals surface area contributed by atoms with E-state index >= 15 is 0 Å². The smallest absolute Gasteiger partial charge is 0.263 e. The van der Waals surface area contributed by atoms with Crippen LogP contribution in [0.15, 0.2) is 53.6 Å². The maximum Gasteiger partial charge on any atom is 0.263 e. The van der Waals surface area contributed by atoms with Crippen molar-refractivity contribution < 1.29 is 4.79 Å². The van der Waals surface area contributed by atoms with Crippen LogP contribution in [0, 0.1) is 13.8 Å². The minimum atomic E-state index is -0.321. The van der Waals surface area contributed by atoms with Gasteiger partial charge in [0, 0.05) is 5.56 Å². The Morgan fingerprint density at radius 1 is 1.20 bits per heavy atom. The quantitative estimate of drug-likeness (QED) is 0.572. The Morgan fingerprint density at radius 2 is 2.00 bits per heavy atom. The van der Waals surface area contributed by atoms with Crippen LogP contribution in [-0.4, -0.2) is 32.3 Å². The Bertz CT molecular complexity index is 901. The Kier molecular flexibility index (Phi) is 4.94. The first-order valence-electron chi connectivity index (χ1n) is 7.84. The van der Waals surface area contributed by atoms with Gasteiger partial charge in [0.2, 0.25) is 5.82 Å². The second kappa shape index (κ2) is 7.48. The summed E-state index contributed by atoms with van der Waals surface area (Å²) in [6, 6.07) is 15.5. The van der Waals surface area contributed by atoms with Gasteiger partial charge in [-0.3, -0.25) is 4.79 Å². The zero-order valence-corrected chi connectivity index (χ0v) is 14.0. The van der Waals surface area contributed by atoms with Crippen molar-refractivity contribution in [2.45, 2.75) is 20.4 Å². The molecule has 0 saturated carbocycles. The Morgan fingerprint density at radius 3 is 2.76 bits per heavy atom. The third-order valence-electron chi connectivity index (χ3n) is 3.59. The number of nitrogens with zero attached hydrogens (tertiary/aromatic N) is 5. The number of hydrazone groups is 1. The van der Waals surface area contributed by atoms with E-state index in [0.717, 1.165) is 16.7 Å². The van der Waals surface area contributed by atoms with Crippen molar-refractivity contribution in [3.05, 3.63) is 65.2 Å². The third kappa shape index (κ3) is 4.35. The molecule has 0 aliphatic rings. The number of benzene rings is 2. The number of carbonyl (C=O) groups excluding carboxylic acids is 1. The maximum absolute atomic E-state index is 11.9. The molecule has 0 bridgehead atoms. The van der Waals surface area contributed by atoms with Crippen molar-refractivity contribution in [1.29, 1.82) is 0 Å². The molecule has 7 nitrogen and oxygen atoms in total. The predicted molar refractivity (Wildman–Crippen MR) is 94.9 cm³/mol. The molecule has 1 aromatic heterocycles. The summed E-state index contributed by atoms with van der Waals surface area (Å²) in [4.78, 5) is 13.2. The van der Waals surface area contributed by atoms with Crippen molar-refractivity contribution in [2.24, 2.45) is 5.10 Å². The number of amides is 1. The van der Waals surface area contributed by atoms with Crippen LogP contribution in [0.1, 0.15) is 16.7 Å². The molecule has 0 aliphatic carbocycles. The number of hydrogen-bond donors (Lipinski definition) is 1. The van der Waals surface area contributed by atoms with Crippen molar-refractivity contribution in [3.63, 3.8) is 0 Å². The maximum atomic E-state index is 11.9. The van der Waals surface area contributed by atoms with Crippen LogP contribution in [0.3, 0.4) is 0 Å². The van der Waals surface area contributed by atoms with Gasteiger partial charge in [-0.15, -0.1) is 10.2 Å². The molecule has 3 rings (SSSR count). The number of aryl methyl sites for hydroxylation is 2. The molecule has 0 radical (unpaired) electrons. The molecular weight excluding hydrogens is 316 g/mol. The van der Waals surface area contributed by atoms with Crippen LogP contribution in [0.4, 0.5) is 0 Å². The van der Waals surface area contributed by atoms with E-state index in [-0.39, 0.29) is 12.5 Å². The number of hydrogen-bond acceptors (Lipinski definition) is 5. The molecule has 25 heavy (non-hydrogen) atoms. The summed E-state index contributed by atoms with van der Waals surface area (Å²) >= 11 is 0. The van der Waals surface area contributed by atoms with E-state index in [0.29, 0.717) is 5.82 Å². The van der Waals surface area contributed by atoms with Crippen LogP contribution in [0.25, 0.3) is 11.4 Å². The molecule has 2 aromatic carbocycles. The first-order chi connectivity index (χ1) is 12.1. The normalized spacial score (nSPS) is 11.0. The van der Waals surface area contributed by atoms with Gasteiger partial charge in [0.1, 0.15) is 6.54 Å². The monoisotopic (exact) mass is 334 g/mol. The zero-order chi connectivity index (χ0) is 17.6. The van der Waals surface area contributed by atoms with E-state index in [2.05, 4.69) is 32.0 Å². The van der Waals surface area contributed by atoms with Crippen LogP contribution < -0.4 is 5.43 Å². The predicted octanol–water partition coefficient (Wildman–Crippen LogP) is 2.11. The average molecular weight is 334 g/mol. The molecule has 1 heterocycles. The minimum absolute atomic E-state index is 0.0515. The number of tetrazole rings is 1. The summed E-state index contributed by atoms with van der Waals surface area (Å²) in [5, 5.41) is 16.0. The van der Waals surface area contributed by atoms with Crippen molar-refractivity contribution in [2.75, 3.05) is 0 Å². The van der Waals surface area contributed by atoms with Crippen LogP contribution in [-0.2, 0) is 11.3 Å². The second-order valence-electron chi connectivity index (χ2n) is 5.66.